The summed E-state index contributed by atoms with van der Waals surface area (Å²) >= 11 is 1.44. The summed E-state index contributed by atoms with van der Waals surface area (Å²) in [6.45, 7) is 8.27. The van der Waals surface area contributed by atoms with Crippen LogP contribution in [0.15, 0.2) is 0 Å². The maximum Gasteiger partial charge on any atom is 0.501 e. The average molecular weight is 395 g/mol. The van der Waals surface area contributed by atoms with Gasteiger partial charge in [0, 0.05) is 38.5 Å². The van der Waals surface area contributed by atoms with Gasteiger partial charge in [0.05, 0.1) is 13.2 Å². The predicted molar refractivity (Wildman–Crippen MR) is 107 cm³/mol. The predicted octanol–water partition coefficient (Wildman–Crippen LogP) is 4.67. The molecule has 0 amide bonds. The van der Waals surface area contributed by atoms with Crippen LogP contribution in [0.2, 0.25) is 6.04 Å². The van der Waals surface area contributed by atoms with Crippen LogP contribution in [0.5, 0.6) is 0 Å². The van der Waals surface area contributed by atoms with Gasteiger partial charge in [-0.05, 0) is 26.7 Å². The van der Waals surface area contributed by atoms with E-state index in [1.165, 1.54) is 31.0 Å². The van der Waals surface area contributed by atoms with Crippen molar-refractivity contribution in [3.63, 3.8) is 0 Å². The van der Waals surface area contributed by atoms with Crippen molar-refractivity contribution in [3.8, 4) is 0 Å². The molecule has 0 fully saturated rings. The first-order valence-corrected chi connectivity index (χ1v) is 12.6. The fourth-order valence-electron chi connectivity index (χ4n) is 2.48. The molecule has 150 valence electrons. The second-order valence-corrected chi connectivity index (χ2v) is 9.76. The Labute approximate surface area is 159 Å². The Kier molecular flexibility index (Phi) is 17.5. The summed E-state index contributed by atoms with van der Waals surface area (Å²) in [5, 5.41) is 0.303. The largest absolute Gasteiger partial charge is 0.501 e. The van der Waals surface area contributed by atoms with Crippen molar-refractivity contribution in [3.05, 3.63) is 0 Å². The van der Waals surface area contributed by atoms with Gasteiger partial charge in [-0.15, -0.1) is 0 Å². The van der Waals surface area contributed by atoms with E-state index >= 15 is 0 Å². The van der Waals surface area contributed by atoms with Gasteiger partial charge in [-0.2, -0.15) is 0 Å². The monoisotopic (exact) mass is 394 g/mol. The van der Waals surface area contributed by atoms with Crippen LogP contribution in [0.25, 0.3) is 0 Å². The summed E-state index contributed by atoms with van der Waals surface area (Å²) in [6, 6.07) is 0.745. The molecule has 0 N–H and O–H groups in total. The summed E-state index contributed by atoms with van der Waals surface area (Å²) < 4.78 is 22.7. The van der Waals surface area contributed by atoms with Crippen LogP contribution in [0, 0.1) is 0 Å². The van der Waals surface area contributed by atoms with E-state index in [0.717, 1.165) is 31.1 Å². The van der Waals surface area contributed by atoms with E-state index in [4.69, 9.17) is 18.0 Å². The highest BCUT2D eigenvalue weighted by molar-refractivity contribution is 8.13. The summed E-state index contributed by atoms with van der Waals surface area (Å²) in [4.78, 5) is 11.9. The van der Waals surface area contributed by atoms with Gasteiger partial charge in [0.2, 0.25) is 0 Å². The number of methoxy groups -OCH3 is 1. The normalized spacial score (nSPS) is 11.8. The molecule has 0 spiro atoms. The fraction of sp³-hybridized carbons (Fsp3) is 0.944. The van der Waals surface area contributed by atoms with Gasteiger partial charge in [-0.3, -0.25) is 4.79 Å². The highest BCUT2D eigenvalue weighted by Gasteiger charge is 2.40. The van der Waals surface area contributed by atoms with Crippen molar-refractivity contribution in [2.24, 2.45) is 0 Å². The number of ether oxygens (including phenoxy) is 1. The van der Waals surface area contributed by atoms with Crippen LogP contribution >= 0.6 is 11.8 Å². The van der Waals surface area contributed by atoms with Gasteiger partial charge in [0.1, 0.15) is 0 Å². The third kappa shape index (κ3) is 13.9. The topological polar surface area (TPSA) is 54.0 Å². The van der Waals surface area contributed by atoms with Gasteiger partial charge >= 0.3 is 8.80 Å². The van der Waals surface area contributed by atoms with E-state index in [-0.39, 0.29) is 0 Å². The Hall–Kier alpha value is 0.0769. The molecule has 0 aliphatic heterocycles. The summed E-state index contributed by atoms with van der Waals surface area (Å²) in [7, 11) is -0.999. The Morgan fingerprint density at radius 3 is 2.16 bits per heavy atom. The van der Waals surface area contributed by atoms with E-state index in [2.05, 4.69) is 6.92 Å². The molecule has 0 aromatic rings. The zero-order chi connectivity index (χ0) is 18.8. The van der Waals surface area contributed by atoms with E-state index in [1.54, 1.807) is 7.11 Å². The lowest BCUT2D eigenvalue weighted by Crippen LogP contribution is -2.46. The second-order valence-electron chi connectivity index (χ2n) is 5.88. The second kappa shape index (κ2) is 17.5. The van der Waals surface area contributed by atoms with Crippen molar-refractivity contribution in [2.45, 2.75) is 71.8 Å². The van der Waals surface area contributed by atoms with Crippen molar-refractivity contribution in [1.29, 1.82) is 0 Å². The minimum atomic E-state index is -2.65. The summed E-state index contributed by atoms with van der Waals surface area (Å²) in [5.74, 6) is 0.802. The van der Waals surface area contributed by atoms with Crippen LogP contribution in [0.1, 0.15) is 65.7 Å². The first-order chi connectivity index (χ1) is 12.1. The smallest absolute Gasteiger partial charge is 0.382 e. The average Bonchev–Trinajstić information content (AvgIpc) is 2.59. The molecule has 0 aliphatic carbocycles. The molecule has 0 rings (SSSR count). The van der Waals surface area contributed by atoms with Gasteiger partial charge in [-0.25, -0.2) is 0 Å². The Morgan fingerprint density at radius 2 is 1.56 bits per heavy atom. The quantitative estimate of drug-likeness (QED) is 0.249. The number of thioether (sulfide) groups is 1. The van der Waals surface area contributed by atoms with Crippen molar-refractivity contribution >= 4 is 25.7 Å². The maximum atomic E-state index is 11.9. The molecule has 0 atom stereocenters. The first-order valence-electron chi connectivity index (χ1n) is 9.70. The van der Waals surface area contributed by atoms with Gasteiger partial charge in [0.25, 0.3) is 0 Å². The van der Waals surface area contributed by atoms with Gasteiger partial charge in [0.15, 0.2) is 5.12 Å². The molecular weight excluding hydrogens is 356 g/mol. The molecule has 5 nitrogen and oxygen atoms in total. The first kappa shape index (κ1) is 25.1. The third-order valence-corrected chi connectivity index (χ3v) is 7.80. The van der Waals surface area contributed by atoms with Crippen LogP contribution in [-0.2, 0) is 22.8 Å². The summed E-state index contributed by atoms with van der Waals surface area (Å²) in [6.07, 6.45) is 7.49. The Morgan fingerprint density at radius 1 is 0.880 bits per heavy atom. The van der Waals surface area contributed by atoms with Gasteiger partial charge < -0.3 is 18.0 Å². The van der Waals surface area contributed by atoms with E-state index in [0.29, 0.717) is 38.0 Å². The highest BCUT2D eigenvalue weighted by Crippen LogP contribution is 2.21. The molecule has 7 heteroatoms. The zero-order valence-corrected chi connectivity index (χ0v) is 18.5. The Balaban J connectivity index is 4.07. The van der Waals surface area contributed by atoms with Crippen molar-refractivity contribution in [2.75, 3.05) is 39.3 Å². The van der Waals surface area contributed by atoms with Gasteiger partial charge in [-0.1, -0.05) is 44.4 Å². The van der Waals surface area contributed by atoms with Crippen LogP contribution in [0.4, 0.5) is 0 Å². The SMILES string of the molecule is CCCCCCCC(=O)SCCC[Si](OCC)(OCC)OCCOC. The lowest BCUT2D eigenvalue weighted by atomic mass is 10.1. The van der Waals surface area contributed by atoms with Crippen LogP contribution in [0.3, 0.4) is 0 Å². The molecule has 0 saturated carbocycles. The number of rotatable bonds is 18. The van der Waals surface area contributed by atoms with E-state index in [9.17, 15) is 4.79 Å². The summed E-state index contributed by atoms with van der Waals surface area (Å²) in [5.41, 5.74) is 0. The lowest BCUT2D eigenvalue weighted by molar-refractivity contribution is -0.111. The van der Waals surface area contributed by atoms with E-state index < -0.39 is 8.80 Å². The third-order valence-electron chi connectivity index (χ3n) is 3.71. The zero-order valence-electron chi connectivity index (χ0n) is 16.6. The molecule has 0 aromatic carbocycles. The molecule has 0 radical (unpaired) electrons. The molecular formula is C18H38O5SSi. The Bertz CT molecular complexity index is 312. The molecule has 0 heterocycles. The minimum Gasteiger partial charge on any atom is -0.382 e. The molecule has 0 aliphatic rings. The standard InChI is InChI=1S/C18H38O5SSi/c1-5-8-9-10-11-13-18(19)24-16-12-17-25(21-6-2,22-7-3)23-15-14-20-4/h5-17H2,1-4H3. The number of carbonyl (C=O) groups excluding carboxylic acids is 1. The number of hydrogen-bond acceptors (Lipinski definition) is 6. The molecule has 0 aromatic heterocycles. The van der Waals surface area contributed by atoms with Crippen LogP contribution in [-0.4, -0.2) is 53.2 Å². The van der Waals surface area contributed by atoms with E-state index in [1.807, 2.05) is 13.8 Å². The number of hydrogen-bond donors (Lipinski definition) is 0. The van der Waals surface area contributed by atoms with Crippen molar-refractivity contribution in [1.82, 2.24) is 0 Å². The lowest BCUT2D eigenvalue weighted by Gasteiger charge is -2.28. The molecule has 25 heavy (non-hydrogen) atoms. The highest BCUT2D eigenvalue weighted by atomic mass is 32.2. The molecule has 0 unspecified atom stereocenters. The van der Waals surface area contributed by atoms with Crippen LogP contribution < -0.4 is 0 Å². The number of unbranched alkanes of at least 4 members (excludes halogenated alkanes) is 4. The molecule has 0 saturated heterocycles. The molecule has 0 bridgehead atoms. The number of carbonyl (C=O) groups is 1. The fourth-order valence-corrected chi connectivity index (χ4v) is 6.11. The van der Waals surface area contributed by atoms with Crippen molar-refractivity contribution < 1.29 is 22.8 Å². The minimum absolute atomic E-state index is 0.303. The maximum absolute atomic E-state index is 11.9.